The quantitative estimate of drug-likeness (QED) is 0.369. The molecule has 0 saturated carbocycles. The summed E-state index contributed by atoms with van der Waals surface area (Å²) in [6.45, 7) is 2.28. The van der Waals surface area contributed by atoms with Crippen molar-refractivity contribution < 1.29 is 32.9 Å². The number of nitrogens with zero attached hydrogens (tertiary/aromatic N) is 4. The van der Waals surface area contributed by atoms with Gasteiger partial charge in [0.05, 0.1) is 28.2 Å². The molecule has 3 aromatic rings. The second kappa shape index (κ2) is 27.6. The number of hydrogen-bond acceptors (Lipinski definition) is 3. The maximum absolute atomic E-state index is 9.22. The Balaban J connectivity index is -0.000000108. The first-order valence-electron chi connectivity index (χ1n) is 10.6. The molecule has 0 saturated heterocycles. The van der Waals surface area contributed by atoms with E-state index in [4.69, 9.17) is 9.90 Å². The number of carbonyl (C=O) groups excluding carboxylic acids is 2. The van der Waals surface area contributed by atoms with E-state index in [0.29, 0.717) is 0 Å². The second-order valence-electron chi connectivity index (χ2n) is 8.41. The number of amides is 1. The van der Waals surface area contributed by atoms with Crippen LogP contribution in [-0.4, -0.2) is 44.6 Å². The number of pyridine rings is 3. The van der Waals surface area contributed by atoms with E-state index in [2.05, 4.69) is 33.9 Å². The lowest BCUT2D eigenvalue weighted by molar-refractivity contribution is -0.849. The minimum atomic E-state index is -1.08. The number of nitrogens with two attached hydrogens (primary N) is 1. The van der Waals surface area contributed by atoms with E-state index < -0.39 is 5.97 Å². The van der Waals surface area contributed by atoms with Gasteiger partial charge in [-0.3, -0.25) is 4.79 Å². The Labute approximate surface area is 220 Å². The summed E-state index contributed by atoms with van der Waals surface area (Å²) in [5.74, 6) is -1.42. The number of carboxylic acid groups (broad SMARTS) is 1. The highest BCUT2D eigenvalue weighted by atomic mass is 16.4. The van der Waals surface area contributed by atoms with Gasteiger partial charge in [-0.1, -0.05) is 33.1 Å². The van der Waals surface area contributed by atoms with Gasteiger partial charge >= 0.3 is 0 Å². The maximum Gasteiger partial charge on any atom is 0.214 e. The first-order valence-corrected chi connectivity index (χ1v) is 10.6. The van der Waals surface area contributed by atoms with Gasteiger partial charge in [-0.15, -0.1) is 0 Å². The van der Waals surface area contributed by atoms with Crippen LogP contribution in [-0.2, 0) is 30.7 Å². The number of hydrogen-bond donors (Lipinski definition) is 1. The van der Waals surface area contributed by atoms with Crippen molar-refractivity contribution in [2.75, 3.05) is 28.2 Å². The second-order valence-corrected chi connectivity index (χ2v) is 8.41. The molecular formula is C28H52N5O3+3. The van der Waals surface area contributed by atoms with Crippen LogP contribution in [0.25, 0.3) is 0 Å². The first kappa shape index (κ1) is 42.5. The van der Waals surface area contributed by atoms with E-state index >= 15 is 0 Å². The van der Waals surface area contributed by atoms with Crippen LogP contribution in [0.3, 0.4) is 0 Å². The molecule has 3 rings (SSSR count). The Morgan fingerprint density at radius 1 is 0.583 bits per heavy atom. The molecule has 0 aliphatic carbocycles. The summed E-state index contributed by atoms with van der Waals surface area (Å²) < 4.78 is 7.00. The summed E-state index contributed by atoms with van der Waals surface area (Å²) in [7, 11) is 14.5. The van der Waals surface area contributed by atoms with Crippen molar-refractivity contribution in [3.63, 3.8) is 0 Å². The van der Waals surface area contributed by atoms with Gasteiger partial charge in [-0.2, -0.15) is 0 Å². The van der Waals surface area contributed by atoms with Crippen molar-refractivity contribution >= 4 is 11.9 Å². The molecule has 2 N–H and O–H groups in total. The Kier molecular flexibility index (Phi) is 32.6. The molecule has 0 unspecified atom stereocenters. The molecule has 36 heavy (non-hydrogen) atoms. The maximum atomic E-state index is 9.22. The zero-order valence-corrected chi connectivity index (χ0v) is 22.3. The van der Waals surface area contributed by atoms with E-state index in [9.17, 15) is 4.79 Å². The Bertz CT molecular complexity index is 739. The van der Waals surface area contributed by atoms with Crippen LogP contribution >= 0.6 is 0 Å². The third-order valence-electron chi connectivity index (χ3n) is 2.59. The lowest BCUT2D eigenvalue weighted by atomic mass is 10.5. The zero-order chi connectivity index (χ0) is 27.0. The monoisotopic (exact) mass is 506 g/mol. The van der Waals surface area contributed by atoms with Crippen LogP contribution in [0.4, 0.5) is 0 Å². The van der Waals surface area contributed by atoms with Crippen molar-refractivity contribution in [1.29, 1.82) is 0 Å². The van der Waals surface area contributed by atoms with Gasteiger partial charge in [0.15, 0.2) is 37.2 Å². The Morgan fingerprint density at radius 3 is 0.750 bits per heavy atom. The zero-order valence-electron chi connectivity index (χ0n) is 22.3. The fraction of sp³-hybridized carbons (Fsp3) is 0.393. The number of aliphatic carboxylic acids is 1. The molecule has 0 atom stereocenters. The van der Waals surface area contributed by atoms with Crippen molar-refractivity contribution in [1.82, 2.24) is 0 Å². The molecule has 3 heterocycles. The van der Waals surface area contributed by atoms with Gasteiger partial charge in [0.1, 0.15) is 21.1 Å². The number of quaternary nitrogens is 1. The molecule has 8 nitrogen and oxygen atoms in total. The first-order chi connectivity index (χ1) is 15.6. The summed E-state index contributed by atoms with van der Waals surface area (Å²) in [6, 6.07) is 18.0. The molecule has 0 bridgehead atoms. The fourth-order valence-electron chi connectivity index (χ4n) is 1.45. The molecule has 1 amide bonds. The number of aryl methyl sites for hydroxylation is 3. The van der Waals surface area contributed by atoms with Crippen LogP contribution < -0.4 is 24.5 Å². The normalized spacial score (nSPS) is 8.14. The topological polar surface area (TPSA) is 94.9 Å². The molecule has 0 fully saturated rings. The Morgan fingerprint density at radius 2 is 0.694 bits per heavy atom. The standard InChI is InChI=1S/3C6H8N.C4H12N.C2H5NO.C2H4O2.2CH4/c3*1-7-5-3-2-4-6-7;1-5(2,3)4;2*1-2(3)4;;/h3*2-6H,1H3;1-4H3;1H3,(H2,3,4);1H3,(H,3,4);2*1H4/q4*+1;;;;/p-1. The van der Waals surface area contributed by atoms with Crippen molar-refractivity contribution in [3.05, 3.63) is 91.8 Å². The van der Waals surface area contributed by atoms with E-state index in [0.717, 1.165) is 11.4 Å². The SMILES string of the molecule is C.C.CC(=O)[O-].CC(N)=O.C[N+](C)(C)C.C[n+]1ccccc1.C[n+]1ccccc1.C[n+]1ccccc1. The number of carboxylic acids is 1. The molecule has 0 spiro atoms. The third kappa shape index (κ3) is 63.1. The highest BCUT2D eigenvalue weighted by molar-refractivity contribution is 5.70. The van der Waals surface area contributed by atoms with Crippen molar-refractivity contribution in [2.45, 2.75) is 28.7 Å². The van der Waals surface area contributed by atoms with Crippen LogP contribution in [0.2, 0.25) is 0 Å². The summed E-state index contributed by atoms with van der Waals surface area (Å²) in [5, 5.41) is 8.89. The lowest BCUT2D eigenvalue weighted by Gasteiger charge is -2.14. The van der Waals surface area contributed by atoms with E-state index in [-0.39, 0.29) is 20.8 Å². The van der Waals surface area contributed by atoms with E-state index in [1.54, 1.807) is 0 Å². The predicted molar refractivity (Wildman–Crippen MR) is 146 cm³/mol. The van der Waals surface area contributed by atoms with Crippen LogP contribution in [0.15, 0.2) is 91.8 Å². The van der Waals surface area contributed by atoms with Gasteiger partial charge in [-0.25, -0.2) is 13.7 Å². The largest absolute Gasteiger partial charge is 0.550 e. The van der Waals surface area contributed by atoms with Gasteiger partial charge in [-0.05, 0) is 6.92 Å². The van der Waals surface area contributed by atoms with Gasteiger partial charge in [0.25, 0.3) is 0 Å². The molecule has 0 aliphatic rings. The van der Waals surface area contributed by atoms with Crippen LogP contribution in [0.5, 0.6) is 0 Å². The molecule has 3 aromatic heterocycles. The summed E-state index contributed by atoms with van der Waals surface area (Å²) in [6.07, 6.45) is 12.0. The molecule has 204 valence electrons. The molecule has 8 heteroatoms. The number of carbonyl (C=O) groups is 2. The smallest absolute Gasteiger partial charge is 0.214 e. The molecule has 0 radical (unpaired) electrons. The Hall–Kier alpha value is -3.65. The van der Waals surface area contributed by atoms with Gasteiger partial charge in [0, 0.05) is 49.3 Å². The van der Waals surface area contributed by atoms with Crippen LogP contribution in [0, 0.1) is 0 Å². The predicted octanol–water partition coefficient (Wildman–Crippen LogP) is 1.38. The minimum Gasteiger partial charge on any atom is -0.550 e. The molecule has 0 aromatic carbocycles. The highest BCUT2D eigenvalue weighted by Gasteiger charge is 1.88. The number of primary amides is 1. The van der Waals surface area contributed by atoms with E-state index in [1.165, 1.54) is 6.92 Å². The van der Waals surface area contributed by atoms with Gasteiger partial charge < -0.3 is 20.1 Å². The fourth-order valence-corrected chi connectivity index (χ4v) is 1.45. The van der Waals surface area contributed by atoms with Gasteiger partial charge in [0.2, 0.25) is 5.91 Å². The van der Waals surface area contributed by atoms with Crippen molar-refractivity contribution in [3.8, 4) is 0 Å². The third-order valence-corrected chi connectivity index (χ3v) is 2.59. The van der Waals surface area contributed by atoms with E-state index in [1.807, 2.05) is 127 Å². The summed E-state index contributed by atoms with van der Waals surface area (Å²) in [4.78, 5) is 18.1. The van der Waals surface area contributed by atoms with Crippen molar-refractivity contribution in [2.24, 2.45) is 26.9 Å². The lowest BCUT2D eigenvalue weighted by Crippen LogP contribution is -2.27. The van der Waals surface area contributed by atoms with Crippen LogP contribution in [0.1, 0.15) is 28.7 Å². The number of rotatable bonds is 0. The molecule has 0 aliphatic heterocycles. The molecular weight excluding hydrogens is 454 g/mol. The number of aromatic nitrogens is 3. The average Bonchev–Trinajstić information content (AvgIpc) is 2.69. The minimum absolute atomic E-state index is 0. The summed E-state index contributed by atoms with van der Waals surface area (Å²) >= 11 is 0. The highest BCUT2D eigenvalue weighted by Crippen LogP contribution is 1.74. The average molecular weight is 507 g/mol. The summed E-state index contributed by atoms with van der Waals surface area (Å²) in [5.41, 5.74) is 4.47.